The van der Waals surface area contributed by atoms with E-state index in [4.69, 9.17) is 5.11 Å². The van der Waals surface area contributed by atoms with E-state index in [0.717, 1.165) is 5.75 Å². The van der Waals surface area contributed by atoms with Gasteiger partial charge in [-0.3, -0.25) is 4.79 Å². The molecule has 1 aromatic rings. The molecule has 1 rings (SSSR count). The fourth-order valence-electron chi connectivity index (χ4n) is 1.32. The van der Waals surface area contributed by atoms with Gasteiger partial charge < -0.3 is 5.11 Å². The summed E-state index contributed by atoms with van der Waals surface area (Å²) in [6, 6.07) is 6.40. The normalized spacial score (nSPS) is 12.4. The zero-order valence-electron chi connectivity index (χ0n) is 9.99. The lowest BCUT2D eigenvalue weighted by molar-refractivity contribution is -0.140. The molecule has 0 bridgehead atoms. The molecule has 16 heavy (non-hydrogen) atoms. The van der Waals surface area contributed by atoms with Gasteiger partial charge in [0.15, 0.2) is 0 Å². The van der Waals surface area contributed by atoms with Crippen LogP contribution in [0.15, 0.2) is 18.2 Å². The van der Waals surface area contributed by atoms with Gasteiger partial charge in [0.25, 0.3) is 0 Å². The Morgan fingerprint density at radius 2 is 2.06 bits per heavy atom. The maximum atomic E-state index is 10.6. The molecule has 0 radical (unpaired) electrons. The van der Waals surface area contributed by atoms with Crippen molar-refractivity contribution in [1.82, 2.24) is 0 Å². The SMILES string of the molecule is Cc1ccc(CSCC(C)C(=O)O)cc1C. The highest BCUT2D eigenvalue weighted by Gasteiger charge is 2.10. The average molecular weight is 238 g/mol. The number of benzene rings is 1. The molecule has 0 aliphatic heterocycles. The summed E-state index contributed by atoms with van der Waals surface area (Å²) in [5, 5.41) is 8.75. The van der Waals surface area contributed by atoms with Crippen LogP contribution in [0.5, 0.6) is 0 Å². The zero-order valence-corrected chi connectivity index (χ0v) is 10.8. The number of aliphatic carboxylic acids is 1. The van der Waals surface area contributed by atoms with Gasteiger partial charge in [-0.2, -0.15) is 11.8 Å². The van der Waals surface area contributed by atoms with Crippen LogP contribution in [-0.4, -0.2) is 16.8 Å². The first-order valence-corrected chi connectivity index (χ1v) is 6.53. The highest BCUT2D eigenvalue weighted by atomic mass is 32.2. The summed E-state index contributed by atoms with van der Waals surface area (Å²) < 4.78 is 0. The number of aryl methyl sites for hydroxylation is 2. The third kappa shape index (κ3) is 3.89. The van der Waals surface area contributed by atoms with E-state index in [1.807, 2.05) is 0 Å². The highest BCUT2D eigenvalue weighted by molar-refractivity contribution is 7.98. The minimum absolute atomic E-state index is 0.267. The smallest absolute Gasteiger partial charge is 0.307 e. The summed E-state index contributed by atoms with van der Waals surface area (Å²) in [5.74, 6) is 0.574. The van der Waals surface area contributed by atoms with Crippen LogP contribution in [0.3, 0.4) is 0 Å². The molecule has 1 aromatic carbocycles. The second kappa shape index (κ2) is 5.94. The average Bonchev–Trinajstić information content (AvgIpc) is 2.23. The zero-order chi connectivity index (χ0) is 12.1. The lowest BCUT2D eigenvalue weighted by Gasteiger charge is -2.07. The van der Waals surface area contributed by atoms with Crippen LogP contribution < -0.4 is 0 Å². The Morgan fingerprint density at radius 3 is 2.62 bits per heavy atom. The van der Waals surface area contributed by atoms with E-state index in [2.05, 4.69) is 32.0 Å². The first-order valence-electron chi connectivity index (χ1n) is 5.37. The van der Waals surface area contributed by atoms with Crippen molar-refractivity contribution in [3.8, 4) is 0 Å². The van der Waals surface area contributed by atoms with Gasteiger partial charge in [0.2, 0.25) is 0 Å². The van der Waals surface area contributed by atoms with Gasteiger partial charge in [0.1, 0.15) is 0 Å². The summed E-state index contributed by atoms with van der Waals surface area (Å²) >= 11 is 1.68. The molecule has 0 amide bonds. The Labute approximate surface area is 101 Å². The van der Waals surface area contributed by atoms with Crippen molar-refractivity contribution in [2.24, 2.45) is 5.92 Å². The van der Waals surface area contributed by atoms with Crippen LogP contribution in [0.1, 0.15) is 23.6 Å². The number of carbonyl (C=O) groups is 1. The molecular weight excluding hydrogens is 220 g/mol. The van der Waals surface area contributed by atoms with Crippen LogP contribution in [0.4, 0.5) is 0 Å². The largest absolute Gasteiger partial charge is 0.481 e. The summed E-state index contributed by atoms with van der Waals surface area (Å²) in [7, 11) is 0. The second-order valence-electron chi connectivity index (χ2n) is 4.17. The molecule has 0 fully saturated rings. The highest BCUT2D eigenvalue weighted by Crippen LogP contribution is 2.18. The Hall–Kier alpha value is -0.960. The van der Waals surface area contributed by atoms with Crippen molar-refractivity contribution < 1.29 is 9.90 Å². The number of rotatable bonds is 5. The maximum Gasteiger partial charge on any atom is 0.307 e. The van der Waals surface area contributed by atoms with Crippen molar-refractivity contribution in [3.63, 3.8) is 0 Å². The van der Waals surface area contributed by atoms with Gasteiger partial charge in [-0.05, 0) is 30.5 Å². The molecule has 0 aliphatic carbocycles. The Kier molecular flexibility index (Phi) is 4.87. The van der Waals surface area contributed by atoms with Crippen LogP contribution in [0, 0.1) is 19.8 Å². The van der Waals surface area contributed by atoms with E-state index in [1.54, 1.807) is 18.7 Å². The fourth-order valence-corrected chi connectivity index (χ4v) is 2.35. The monoisotopic (exact) mass is 238 g/mol. The standard InChI is InChI=1S/C13H18O2S/c1-9-4-5-12(6-10(9)2)8-16-7-11(3)13(14)15/h4-6,11H,7-8H2,1-3H3,(H,14,15). The molecule has 1 unspecified atom stereocenters. The quantitative estimate of drug-likeness (QED) is 0.855. The lowest BCUT2D eigenvalue weighted by atomic mass is 10.1. The van der Waals surface area contributed by atoms with Gasteiger partial charge in [-0.15, -0.1) is 0 Å². The third-order valence-electron chi connectivity index (χ3n) is 2.63. The van der Waals surface area contributed by atoms with Gasteiger partial charge in [0, 0.05) is 11.5 Å². The molecule has 0 spiro atoms. The van der Waals surface area contributed by atoms with Crippen molar-refractivity contribution >= 4 is 17.7 Å². The van der Waals surface area contributed by atoms with E-state index in [0.29, 0.717) is 5.75 Å². The minimum Gasteiger partial charge on any atom is -0.481 e. The maximum absolute atomic E-state index is 10.6. The number of carboxylic acid groups (broad SMARTS) is 1. The van der Waals surface area contributed by atoms with E-state index in [1.165, 1.54) is 16.7 Å². The summed E-state index contributed by atoms with van der Waals surface area (Å²) in [4.78, 5) is 10.6. The number of hydrogen-bond donors (Lipinski definition) is 1. The van der Waals surface area contributed by atoms with Gasteiger partial charge in [-0.25, -0.2) is 0 Å². The predicted octanol–water partition coefficient (Wildman–Crippen LogP) is 3.26. The predicted molar refractivity (Wildman–Crippen MR) is 68.9 cm³/mol. The van der Waals surface area contributed by atoms with Crippen LogP contribution in [-0.2, 0) is 10.5 Å². The van der Waals surface area contributed by atoms with Gasteiger partial charge in [-0.1, -0.05) is 25.1 Å². The Bertz CT molecular complexity index is 374. The molecule has 0 saturated carbocycles. The number of hydrogen-bond acceptors (Lipinski definition) is 2. The first-order chi connectivity index (χ1) is 7.50. The van der Waals surface area contributed by atoms with Crippen LogP contribution in [0.2, 0.25) is 0 Å². The van der Waals surface area contributed by atoms with E-state index < -0.39 is 5.97 Å². The van der Waals surface area contributed by atoms with E-state index in [-0.39, 0.29) is 5.92 Å². The van der Waals surface area contributed by atoms with Crippen molar-refractivity contribution in [2.45, 2.75) is 26.5 Å². The Balaban J connectivity index is 2.43. The summed E-state index contributed by atoms with van der Waals surface area (Å²) in [6.07, 6.45) is 0. The van der Waals surface area contributed by atoms with Gasteiger partial charge in [0.05, 0.1) is 5.92 Å². The molecule has 0 heterocycles. The molecule has 3 heteroatoms. The minimum atomic E-state index is -0.715. The summed E-state index contributed by atoms with van der Waals surface area (Å²) in [6.45, 7) is 5.94. The topological polar surface area (TPSA) is 37.3 Å². The number of carboxylic acids is 1. The van der Waals surface area contributed by atoms with Crippen molar-refractivity contribution in [2.75, 3.05) is 5.75 Å². The van der Waals surface area contributed by atoms with E-state index in [9.17, 15) is 4.79 Å². The van der Waals surface area contributed by atoms with Crippen molar-refractivity contribution in [1.29, 1.82) is 0 Å². The lowest BCUT2D eigenvalue weighted by Crippen LogP contribution is -2.11. The molecule has 1 N–H and O–H groups in total. The molecule has 0 saturated heterocycles. The molecule has 2 nitrogen and oxygen atoms in total. The first kappa shape index (κ1) is 13.1. The third-order valence-corrected chi connectivity index (χ3v) is 3.90. The van der Waals surface area contributed by atoms with Crippen LogP contribution >= 0.6 is 11.8 Å². The molecule has 0 aliphatic rings. The molecule has 88 valence electrons. The fraction of sp³-hybridized carbons (Fsp3) is 0.462. The second-order valence-corrected chi connectivity index (χ2v) is 5.20. The Morgan fingerprint density at radius 1 is 1.38 bits per heavy atom. The van der Waals surface area contributed by atoms with Gasteiger partial charge >= 0.3 is 5.97 Å². The molecule has 0 aromatic heterocycles. The summed E-state index contributed by atoms with van der Waals surface area (Å²) in [5.41, 5.74) is 3.86. The van der Waals surface area contributed by atoms with E-state index >= 15 is 0 Å². The number of thioether (sulfide) groups is 1. The van der Waals surface area contributed by atoms with Crippen LogP contribution in [0.25, 0.3) is 0 Å². The molecule has 1 atom stereocenters. The molecular formula is C13H18O2S. The van der Waals surface area contributed by atoms with Crippen molar-refractivity contribution in [3.05, 3.63) is 34.9 Å².